The van der Waals surface area contributed by atoms with E-state index in [9.17, 15) is 0 Å². The molecule has 0 heterocycles. The summed E-state index contributed by atoms with van der Waals surface area (Å²) >= 11 is 0. The lowest BCUT2D eigenvalue weighted by molar-refractivity contribution is 0.551. The van der Waals surface area contributed by atoms with Crippen LogP contribution in [0.2, 0.25) is 0 Å². The number of rotatable bonds is 6. The van der Waals surface area contributed by atoms with E-state index in [2.05, 4.69) is 56.9 Å². The normalized spacial score (nSPS) is 12.4. The van der Waals surface area contributed by atoms with Crippen molar-refractivity contribution < 1.29 is 0 Å². The minimum Gasteiger partial charge on any atom is -0.311 e. The van der Waals surface area contributed by atoms with Crippen molar-refractivity contribution in [1.29, 1.82) is 0 Å². The smallest absolute Gasteiger partial charge is 0.0277 e. The van der Waals surface area contributed by atoms with Gasteiger partial charge in [-0.15, -0.1) is 0 Å². The summed E-state index contributed by atoms with van der Waals surface area (Å²) < 4.78 is 0. The molecule has 0 saturated heterocycles. The Balaban J connectivity index is 2.55. The molecule has 16 heavy (non-hydrogen) atoms. The van der Waals surface area contributed by atoms with Crippen LogP contribution in [0.3, 0.4) is 0 Å². The van der Waals surface area contributed by atoms with Crippen molar-refractivity contribution in [1.82, 2.24) is 5.32 Å². The van der Waals surface area contributed by atoms with Crippen LogP contribution in [0.1, 0.15) is 31.4 Å². The average Bonchev–Trinajstić information content (AvgIpc) is 2.26. The molecule has 0 aliphatic heterocycles. The van der Waals surface area contributed by atoms with Gasteiger partial charge in [0, 0.05) is 6.04 Å². The van der Waals surface area contributed by atoms with Crippen LogP contribution < -0.4 is 5.32 Å². The molecule has 1 atom stereocenters. The molecule has 1 aromatic carbocycles. The molecule has 1 heteroatoms. The van der Waals surface area contributed by atoms with Gasteiger partial charge in [-0.1, -0.05) is 43.3 Å². The van der Waals surface area contributed by atoms with Gasteiger partial charge in [-0.2, -0.15) is 0 Å². The maximum atomic E-state index is 4.05. The summed E-state index contributed by atoms with van der Waals surface area (Å²) in [6, 6.07) is 9.06. The molecule has 1 N–H and O–H groups in total. The third-order valence-corrected chi connectivity index (χ3v) is 3.01. The zero-order valence-corrected chi connectivity index (χ0v) is 10.7. The Kier molecular flexibility index (Phi) is 5.27. The van der Waals surface area contributed by atoms with Crippen molar-refractivity contribution in [3.05, 3.63) is 47.5 Å². The molecular formula is C15H23N. The van der Waals surface area contributed by atoms with Gasteiger partial charge in [0.05, 0.1) is 0 Å². The van der Waals surface area contributed by atoms with Gasteiger partial charge in [0.25, 0.3) is 0 Å². The number of hydrogen-bond acceptors (Lipinski definition) is 1. The molecule has 1 aromatic rings. The zero-order chi connectivity index (χ0) is 12.0. The topological polar surface area (TPSA) is 12.0 Å². The molecule has 1 rings (SSSR count). The molecular weight excluding hydrogens is 194 g/mol. The Labute approximate surface area is 99.6 Å². The fourth-order valence-electron chi connectivity index (χ4n) is 1.96. The summed E-state index contributed by atoms with van der Waals surface area (Å²) in [6.45, 7) is 11.5. The van der Waals surface area contributed by atoms with E-state index in [0.717, 1.165) is 19.4 Å². The van der Waals surface area contributed by atoms with Crippen molar-refractivity contribution in [2.75, 3.05) is 6.54 Å². The largest absolute Gasteiger partial charge is 0.311 e. The van der Waals surface area contributed by atoms with Crippen LogP contribution >= 0.6 is 0 Å². The first kappa shape index (κ1) is 13.0. The van der Waals surface area contributed by atoms with Crippen molar-refractivity contribution in [2.24, 2.45) is 0 Å². The van der Waals surface area contributed by atoms with Gasteiger partial charge < -0.3 is 5.32 Å². The Morgan fingerprint density at radius 1 is 1.38 bits per heavy atom. The van der Waals surface area contributed by atoms with Crippen LogP contribution in [0.15, 0.2) is 36.4 Å². The predicted molar refractivity (Wildman–Crippen MR) is 71.8 cm³/mol. The molecule has 0 spiro atoms. The molecule has 0 fully saturated rings. The number of likely N-dealkylation sites (N-methyl/N-ethyl adjacent to an activating group) is 1. The van der Waals surface area contributed by atoms with Gasteiger partial charge in [-0.05, 0) is 44.4 Å². The highest BCUT2D eigenvalue weighted by molar-refractivity contribution is 5.26. The maximum absolute atomic E-state index is 4.05. The van der Waals surface area contributed by atoms with Gasteiger partial charge in [0.15, 0.2) is 0 Å². The van der Waals surface area contributed by atoms with E-state index in [-0.39, 0.29) is 0 Å². The van der Waals surface area contributed by atoms with E-state index < -0.39 is 0 Å². The minimum atomic E-state index is 0.449. The summed E-state index contributed by atoms with van der Waals surface area (Å²) in [7, 11) is 0. The Morgan fingerprint density at radius 3 is 2.62 bits per heavy atom. The zero-order valence-electron chi connectivity index (χ0n) is 10.7. The van der Waals surface area contributed by atoms with E-state index in [1.807, 2.05) is 0 Å². The van der Waals surface area contributed by atoms with Gasteiger partial charge in [-0.3, -0.25) is 0 Å². The van der Waals surface area contributed by atoms with E-state index in [4.69, 9.17) is 0 Å². The number of aryl methyl sites for hydroxylation is 2. The van der Waals surface area contributed by atoms with E-state index >= 15 is 0 Å². The predicted octanol–water partition coefficient (Wildman–Crippen LogP) is 3.48. The summed E-state index contributed by atoms with van der Waals surface area (Å²) in [5.74, 6) is 0. The van der Waals surface area contributed by atoms with Crippen LogP contribution in [-0.4, -0.2) is 12.6 Å². The fourth-order valence-corrected chi connectivity index (χ4v) is 1.96. The van der Waals surface area contributed by atoms with Crippen LogP contribution in [0.4, 0.5) is 0 Å². The summed E-state index contributed by atoms with van der Waals surface area (Å²) in [6.07, 6.45) is 2.26. The molecule has 0 bridgehead atoms. The highest BCUT2D eigenvalue weighted by Crippen LogP contribution is 2.13. The van der Waals surface area contributed by atoms with Crippen LogP contribution in [-0.2, 0) is 6.42 Å². The number of benzene rings is 1. The molecule has 0 aliphatic carbocycles. The lowest BCUT2D eigenvalue weighted by Crippen LogP contribution is -2.30. The van der Waals surface area contributed by atoms with E-state index in [0.29, 0.717) is 6.04 Å². The van der Waals surface area contributed by atoms with Crippen molar-refractivity contribution in [3.63, 3.8) is 0 Å². The molecule has 88 valence electrons. The lowest BCUT2D eigenvalue weighted by Gasteiger charge is -2.18. The molecule has 0 saturated carbocycles. The van der Waals surface area contributed by atoms with Crippen LogP contribution in [0.25, 0.3) is 0 Å². The first-order valence-electron chi connectivity index (χ1n) is 6.08. The minimum absolute atomic E-state index is 0.449. The molecule has 0 aliphatic rings. The Morgan fingerprint density at radius 2 is 2.06 bits per heavy atom. The molecule has 0 amide bonds. The highest BCUT2D eigenvalue weighted by atomic mass is 14.9. The third kappa shape index (κ3) is 3.82. The quantitative estimate of drug-likeness (QED) is 0.719. The van der Waals surface area contributed by atoms with Crippen molar-refractivity contribution in [3.8, 4) is 0 Å². The first-order valence-corrected chi connectivity index (χ1v) is 6.08. The molecule has 0 aromatic heterocycles. The van der Waals surface area contributed by atoms with Crippen LogP contribution in [0.5, 0.6) is 0 Å². The van der Waals surface area contributed by atoms with E-state index in [1.54, 1.807) is 0 Å². The molecule has 1 nitrogen and oxygen atoms in total. The summed E-state index contributed by atoms with van der Waals surface area (Å²) in [5.41, 5.74) is 4.07. The van der Waals surface area contributed by atoms with Gasteiger partial charge in [0.2, 0.25) is 0 Å². The average molecular weight is 217 g/mol. The second-order valence-electron chi connectivity index (χ2n) is 4.42. The number of hydrogen-bond donors (Lipinski definition) is 1. The first-order chi connectivity index (χ1) is 7.65. The monoisotopic (exact) mass is 217 g/mol. The highest BCUT2D eigenvalue weighted by Gasteiger charge is 2.08. The second kappa shape index (κ2) is 6.49. The Hall–Kier alpha value is -1.08. The third-order valence-electron chi connectivity index (χ3n) is 3.01. The summed E-state index contributed by atoms with van der Waals surface area (Å²) in [4.78, 5) is 0. The van der Waals surface area contributed by atoms with E-state index in [1.165, 1.54) is 16.7 Å². The van der Waals surface area contributed by atoms with Crippen molar-refractivity contribution >= 4 is 0 Å². The standard InChI is InChI=1S/C15H23N/c1-5-16-15(12(2)3)11-10-14-9-7-6-8-13(14)4/h6-9,15-16H,2,5,10-11H2,1,3-4H3. The summed E-state index contributed by atoms with van der Waals surface area (Å²) in [5, 5.41) is 3.47. The Bertz CT molecular complexity index is 341. The van der Waals surface area contributed by atoms with Crippen LogP contribution in [0, 0.1) is 6.92 Å². The SMILES string of the molecule is C=C(C)C(CCc1ccccc1C)NCC. The molecule has 1 unspecified atom stereocenters. The molecule has 0 radical (unpaired) electrons. The maximum Gasteiger partial charge on any atom is 0.0277 e. The fraction of sp³-hybridized carbons (Fsp3) is 0.467. The van der Waals surface area contributed by atoms with Gasteiger partial charge in [-0.25, -0.2) is 0 Å². The number of nitrogens with one attached hydrogen (secondary N) is 1. The van der Waals surface area contributed by atoms with Crippen molar-refractivity contribution in [2.45, 2.75) is 39.7 Å². The second-order valence-corrected chi connectivity index (χ2v) is 4.42. The lowest BCUT2D eigenvalue weighted by atomic mass is 9.98. The van der Waals surface area contributed by atoms with Gasteiger partial charge >= 0.3 is 0 Å². The van der Waals surface area contributed by atoms with Gasteiger partial charge in [0.1, 0.15) is 0 Å².